The number of carboxylic acid groups (broad SMARTS) is 1. The molecule has 5 heteroatoms. The van der Waals surface area contributed by atoms with Gasteiger partial charge in [-0.3, -0.25) is 4.79 Å². The van der Waals surface area contributed by atoms with Crippen LogP contribution in [0.2, 0.25) is 0 Å². The van der Waals surface area contributed by atoms with Gasteiger partial charge in [0.15, 0.2) is 0 Å². The standard InChI is InChI=1S/C16H14BrFO3/c1-21-13-5-6-15(17)11(8-13)9-14(16(19)20)10-3-2-4-12(18)7-10/h2-8,14H,9H2,1H3,(H,19,20). The Morgan fingerprint density at radius 2 is 2.10 bits per heavy atom. The molecule has 0 radical (unpaired) electrons. The molecule has 0 saturated carbocycles. The van der Waals surface area contributed by atoms with Crippen molar-refractivity contribution in [3.63, 3.8) is 0 Å². The minimum atomic E-state index is -0.990. The molecular formula is C16H14BrFO3. The maximum Gasteiger partial charge on any atom is 0.311 e. The van der Waals surface area contributed by atoms with Gasteiger partial charge in [-0.1, -0.05) is 28.1 Å². The topological polar surface area (TPSA) is 46.5 Å². The van der Waals surface area contributed by atoms with E-state index in [1.165, 1.54) is 18.2 Å². The van der Waals surface area contributed by atoms with Crippen molar-refractivity contribution in [2.75, 3.05) is 7.11 Å². The Kier molecular flexibility index (Phi) is 4.96. The van der Waals surface area contributed by atoms with Crippen LogP contribution in [0.5, 0.6) is 5.75 Å². The van der Waals surface area contributed by atoms with Crippen LogP contribution >= 0.6 is 15.9 Å². The van der Waals surface area contributed by atoms with Crippen LogP contribution in [0, 0.1) is 5.82 Å². The third-order valence-corrected chi connectivity index (χ3v) is 4.00. The number of hydrogen-bond donors (Lipinski definition) is 1. The van der Waals surface area contributed by atoms with Gasteiger partial charge in [-0.05, 0) is 47.9 Å². The van der Waals surface area contributed by atoms with E-state index in [0.29, 0.717) is 11.3 Å². The lowest BCUT2D eigenvalue weighted by atomic mass is 9.92. The number of ether oxygens (including phenoxy) is 1. The zero-order valence-corrected chi connectivity index (χ0v) is 12.9. The van der Waals surface area contributed by atoms with E-state index in [1.54, 1.807) is 31.4 Å². The molecule has 0 aliphatic carbocycles. The summed E-state index contributed by atoms with van der Waals surface area (Å²) in [7, 11) is 1.55. The quantitative estimate of drug-likeness (QED) is 0.884. The smallest absolute Gasteiger partial charge is 0.311 e. The Morgan fingerprint density at radius 3 is 2.71 bits per heavy atom. The first-order chi connectivity index (χ1) is 10.0. The Labute approximate surface area is 130 Å². The van der Waals surface area contributed by atoms with Gasteiger partial charge < -0.3 is 9.84 Å². The lowest BCUT2D eigenvalue weighted by molar-refractivity contribution is -0.138. The zero-order chi connectivity index (χ0) is 15.4. The SMILES string of the molecule is COc1ccc(Br)c(CC(C(=O)O)c2cccc(F)c2)c1. The third-order valence-electron chi connectivity index (χ3n) is 3.23. The summed E-state index contributed by atoms with van der Waals surface area (Å²) in [5.74, 6) is -1.60. The van der Waals surface area contributed by atoms with Gasteiger partial charge in [0.05, 0.1) is 13.0 Å². The Bertz CT molecular complexity index is 658. The van der Waals surface area contributed by atoms with E-state index < -0.39 is 17.7 Å². The first kappa shape index (κ1) is 15.5. The number of carbonyl (C=O) groups is 1. The Hall–Kier alpha value is -1.88. The summed E-state index contributed by atoms with van der Waals surface area (Å²) < 4.78 is 19.3. The highest BCUT2D eigenvalue weighted by Crippen LogP contribution is 2.29. The van der Waals surface area contributed by atoms with E-state index in [1.807, 2.05) is 0 Å². The lowest BCUT2D eigenvalue weighted by Crippen LogP contribution is -2.15. The normalized spacial score (nSPS) is 12.0. The van der Waals surface area contributed by atoms with Crippen molar-refractivity contribution >= 4 is 21.9 Å². The number of halogens is 2. The van der Waals surface area contributed by atoms with Crippen molar-refractivity contribution in [3.05, 3.63) is 63.9 Å². The van der Waals surface area contributed by atoms with Crippen LogP contribution in [0.1, 0.15) is 17.0 Å². The summed E-state index contributed by atoms with van der Waals surface area (Å²) in [5, 5.41) is 9.43. The molecule has 2 aromatic carbocycles. The number of hydrogen-bond acceptors (Lipinski definition) is 2. The molecular weight excluding hydrogens is 339 g/mol. The highest BCUT2D eigenvalue weighted by Gasteiger charge is 2.22. The van der Waals surface area contributed by atoms with Crippen LogP contribution in [0.3, 0.4) is 0 Å². The molecule has 0 heterocycles. The van der Waals surface area contributed by atoms with Crippen LogP contribution in [-0.4, -0.2) is 18.2 Å². The molecule has 0 aliphatic heterocycles. The first-order valence-electron chi connectivity index (χ1n) is 6.32. The molecule has 3 nitrogen and oxygen atoms in total. The largest absolute Gasteiger partial charge is 0.497 e. The molecule has 1 N–H and O–H groups in total. The molecule has 0 aliphatic rings. The fourth-order valence-electron chi connectivity index (χ4n) is 2.13. The van der Waals surface area contributed by atoms with Crippen LogP contribution < -0.4 is 4.74 Å². The van der Waals surface area contributed by atoms with Crippen LogP contribution in [0.25, 0.3) is 0 Å². The molecule has 0 amide bonds. The monoisotopic (exact) mass is 352 g/mol. The van der Waals surface area contributed by atoms with Gasteiger partial charge in [0.1, 0.15) is 11.6 Å². The molecule has 1 atom stereocenters. The molecule has 2 aromatic rings. The van der Waals surface area contributed by atoms with E-state index in [2.05, 4.69) is 15.9 Å². The Balaban J connectivity index is 2.35. The van der Waals surface area contributed by atoms with Gasteiger partial charge >= 0.3 is 5.97 Å². The van der Waals surface area contributed by atoms with Crippen molar-refractivity contribution in [2.24, 2.45) is 0 Å². The van der Waals surface area contributed by atoms with Gasteiger partial charge in [0, 0.05) is 4.47 Å². The summed E-state index contributed by atoms with van der Waals surface area (Å²) in [4.78, 5) is 11.5. The highest BCUT2D eigenvalue weighted by molar-refractivity contribution is 9.10. The predicted octanol–water partition coefficient (Wildman–Crippen LogP) is 4.01. The molecule has 0 aromatic heterocycles. The second-order valence-corrected chi connectivity index (χ2v) is 5.46. The van der Waals surface area contributed by atoms with Crippen molar-refractivity contribution in [3.8, 4) is 5.75 Å². The van der Waals surface area contributed by atoms with Crippen molar-refractivity contribution < 1.29 is 19.0 Å². The van der Waals surface area contributed by atoms with E-state index in [-0.39, 0.29) is 6.42 Å². The van der Waals surface area contributed by atoms with Gasteiger partial charge in [0.2, 0.25) is 0 Å². The van der Waals surface area contributed by atoms with E-state index in [4.69, 9.17) is 4.74 Å². The average molecular weight is 353 g/mol. The summed E-state index contributed by atoms with van der Waals surface area (Å²) in [6.45, 7) is 0. The van der Waals surface area contributed by atoms with E-state index in [9.17, 15) is 14.3 Å². The molecule has 2 rings (SSSR count). The summed E-state index contributed by atoms with van der Waals surface area (Å²) in [5.41, 5.74) is 1.24. The van der Waals surface area contributed by atoms with E-state index >= 15 is 0 Å². The molecule has 0 saturated heterocycles. The number of aliphatic carboxylic acids is 1. The number of methoxy groups -OCH3 is 1. The first-order valence-corrected chi connectivity index (χ1v) is 7.11. The fourth-order valence-corrected chi connectivity index (χ4v) is 2.53. The molecule has 110 valence electrons. The molecule has 1 unspecified atom stereocenters. The van der Waals surface area contributed by atoms with Crippen molar-refractivity contribution in [2.45, 2.75) is 12.3 Å². The summed E-state index contributed by atoms with van der Waals surface area (Å²) >= 11 is 3.40. The van der Waals surface area contributed by atoms with Gasteiger partial charge in [-0.15, -0.1) is 0 Å². The summed E-state index contributed by atoms with van der Waals surface area (Å²) in [6.07, 6.45) is 0.247. The van der Waals surface area contributed by atoms with Crippen LogP contribution in [-0.2, 0) is 11.2 Å². The van der Waals surface area contributed by atoms with Crippen molar-refractivity contribution in [1.82, 2.24) is 0 Å². The fraction of sp³-hybridized carbons (Fsp3) is 0.188. The predicted molar refractivity (Wildman–Crippen MR) is 81.2 cm³/mol. The van der Waals surface area contributed by atoms with Crippen LogP contribution in [0.15, 0.2) is 46.9 Å². The van der Waals surface area contributed by atoms with Crippen molar-refractivity contribution in [1.29, 1.82) is 0 Å². The van der Waals surface area contributed by atoms with Gasteiger partial charge in [-0.25, -0.2) is 4.39 Å². The van der Waals surface area contributed by atoms with Gasteiger partial charge in [0.25, 0.3) is 0 Å². The minimum absolute atomic E-state index is 0.247. The average Bonchev–Trinajstić information content (AvgIpc) is 2.46. The number of rotatable bonds is 5. The summed E-state index contributed by atoms with van der Waals surface area (Å²) in [6, 6.07) is 11.1. The molecule has 0 fully saturated rings. The van der Waals surface area contributed by atoms with Crippen LogP contribution in [0.4, 0.5) is 4.39 Å². The Morgan fingerprint density at radius 1 is 1.33 bits per heavy atom. The third kappa shape index (κ3) is 3.82. The minimum Gasteiger partial charge on any atom is -0.497 e. The molecule has 0 bridgehead atoms. The maximum absolute atomic E-state index is 13.3. The molecule has 21 heavy (non-hydrogen) atoms. The van der Waals surface area contributed by atoms with E-state index in [0.717, 1.165) is 10.0 Å². The second-order valence-electron chi connectivity index (χ2n) is 4.61. The van der Waals surface area contributed by atoms with Gasteiger partial charge in [-0.2, -0.15) is 0 Å². The molecule has 0 spiro atoms. The lowest BCUT2D eigenvalue weighted by Gasteiger charge is -2.15. The number of carboxylic acids is 1. The number of benzene rings is 2. The maximum atomic E-state index is 13.3. The zero-order valence-electron chi connectivity index (χ0n) is 11.3. The highest BCUT2D eigenvalue weighted by atomic mass is 79.9. The second kappa shape index (κ2) is 6.72.